The average molecular weight is 297 g/mol. The molecule has 0 saturated heterocycles. The number of hydrogen-bond acceptors (Lipinski definition) is 5. The van der Waals surface area contributed by atoms with Gasteiger partial charge in [-0.05, 0) is 43.8 Å². The minimum Gasteiger partial charge on any atom is -0.478 e. The van der Waals surface area contributed by atoms with Crippen LogP contribution in [-0.2, 0) is 4.79 Å². The van der Waals surface area contributed by atoms with E-state index in [0.717, 1.165) is 30.8 Å². The van der Waals surface area contributed by atoms with Crippen LogP contribution in [0.1, 0.15) is 35.3 Å². The molecule has 1 amide bonds. The Morgan fingerprint density at radius 2 is 2.20 bits per heavy atom. The first-order valence-electron chi connectivity index (χ1n) is 6.64. The monoisotopic (exact) mass is 297 g/mol. The van der Waals surface area contributed by atoms with E-state index in [-0.39, 0.29) is 23.3 Å². The number of aromatic carboxylic acids is 1. The van der Waals surface area contributed by atoms with Gasteiger partial charge < -0.3 is 15.7 Å². The zero-order valence-electron chi connectivity index (χ0n) is 11.6. The van der Waals surface area contributed by atoms with Crippen molar-refractivity contribution >= 4 is 28.4 Å². The molecule has 110 valence electrons. The molecule has 2 unspecified atom stereocenters. The molecule has 1 saturated carbocycles. The van der Waals surface area contributed by atoms with Crippen molar-refractivity contribution in [1.82, 2.24) is 4.37 Å². The van der Waals surface area contributed by atoms with Crippen LogP contribution >= 0.6 is 11.5 Å². The first kappa shape index (κ1) is 14.9. The van der Waals surface area contributed by atoms with E-state index in [1.165, 1.54) is 4.90 Å². The Labute approximate surface area is 121 Å². The summed E-state index contributed by atoms with van der Waals surface area (Å²) >= 11 is 1.05. The molecule has 1 fully saturated rings. The highest BCUT2D eigenvalue weighted by molar-refractivity contribution is 7.11. The fraction of sp³-hybridized carbons (Fsp3) is 0.615. The summed E-state index contributed by atoms with van der Waals surface area (Å²) in [6, 6.07) is 0. The van der Waals surface area contributed by atoms with E-state index >= 15 is 0 Å². The molecule has 3 N–H and O–H groups in total. The van der Waals surface area contributed by atoms with E-state index in [1.54, 1.807) is 14.0 Å². The van der Waals surface area contributed by atoms with Gasteiger partial charge in [0.05, 0.1) is 5.69 Å². The van der Waals surface area contributed by atoms with Crippen LogP contribution in [0.4, 0.5) is 5.00 Å². The number of nitrogens with two attached hydrogens (primary N) is 1. The second kappa shape index (κ2) is 5.88. The van der Waals surface area contributed by atoms with E-state index < -0.39 is 5.97 Å². The first-order chi connectivity index (χ1) is 9.47. The SMILES string of the molecule is Cc1nsc(N(C)C(=O)C2CCCC2CN)c1C(=O)O. The molecule has 0 radical (unpaired) electrons. The fourth-order valence-electron chi connectivity index (χ4n) is 2.83. The van der Waals surface area contributed by atoms with Crippen molar-refractivity contribution in [3.8, 4) is 0 Å². The number of aryl methyl sites for hydroxylation is 1. The van der Waals surface area contributed by atoms with Gasteiger partial charge in [-0.2, -0.15) is 4.37 Å². The van der Waals surface area contributed by atoms with Crippen molar-refractivity contribution in [2.75, 3.05) is 18.5 Å². The van der Waals surface area contributed by atoms with Gasteiger partial charge in [0.1, 0.15) is 10.6 Å². The van der Waals surface area contributed by atoms with Crippen LogP contribution in [-0.4, -0.2) is 34.9 Å². The van der Waals surface area contributed by atoms with Crippen molar-refractivity contribution in [2.24, 2.45) is 17.6 Å². The highest BCUT2D eigenvalue weighted by Gasteiger charge is 2.35. The van der Waals surface area contributed by atoms with Crippen LogP contribution in [0, 0.1) is 18.8 Å². The largest absolute Gasteiger partial charge is 0.478 e. The van der Waals surface area contributed by atoms with Gasteiger partial charge in [-0.15, -0.1) is 0 Å². The molecule has 2 rings (SSSR count). The molecule has 0 aliphatic heterocycles. The number of hydrogen-bond donors (Lipinski definition) is 2. The van der Waals surface area contributed by atoms with Gasteiger partial charge in [-0.3, -0.25) is 4.79 Å². The first-order valence-corrected chi connectivity index (χ1v) is 7.41. The maximum atomic E-state index is 12.6. The molecule has 20 heavy (non-hydrogen) atoms. The quantitative estimate of drug-likeness (QED) is 0.877. The van der Waals surface area contributed by atoms with E-state index in [0.29, 0.717) is 17.2 Å². The molecule has 1 aromatic rings. The van der Waals surface area contributed by atoms with Gasteiger partial charge in [0.2, 0.25) is 5.91 Å². The standard InChI is InChI=1S/C13H19N3O3S/c1-7-10(13(18)19)12(20-15-7)16(2)11(17)9-5-3-4-8(9)6-14/h8-9H,3-6,14H2,1-2H3,(H,18,19). The van der Waals surface area contributed by atoms with Crippen LogP contribution in [0.3, 0.4) is 0 Å². The Morgan fingerprint density at radius 3 is 2.80 bits per heavy atom. The normalized spacial score (nSPS) is 21.9. The fourth-order valence-corrected chi connectivity index (χ4v) is 3.68. The summed E-state index contributed by atoms with van der Waals surface area (Å²) < 4.78 is 4.05. The lowest BCUT2D eigenvalue weighted by molar-refractivity contribution is -0.123. The molecule has 6 nitrogen and oxygen atoms in total. The number of amides is 1. The lowest BCUT2D eigenvalue weighted by Crippen LogP contribution is -2.36. The maximum Gasteiger partial charge on any atom is 0.340 e. The van der Waals surface area contributed by atoms with Crippen molar-refractivity contribution in [2.45, 2.75) is 26.2 Å². The van der Waals surface area contributed by atoms with Crippen LogP contribution in [0.5, 0.6) is 0 Å². The zero-order valence-corrected chi connectivity index (χ0v) is 12.4. The molecule has 0 bridgehead atoms. The number of anilines is 1. The van der Waals surface area contributed by atoms with E-state index in [9.17, 15) is 14.7 Å². The third-order valence-electron chi connectivity index (χ3n) is 3.97. The molecule has 1 heterocycles. The second-order valence-corrected chi connectivity index (χ2v) is 5.94. The average Bonchev–Trinajstić information content (AvgIpc) is 3.02. The minimum absolute atomic E-state index is 0.0518. The van der Waals surface area contributed by atoms with Gasteiger partial charge in [-0.1, -0.05) is 6.42 Å². The molecular weight excluding hydrogens is 278 g/mol. The lowest BCUT2D eigenvalue weighted by Gasteiger charge is -2.23. The predicted molar refractivity (Wildman–Crippen MR) is 77.1 cm³/mol. The lowest BCUT2D eigenvalue weighted by atomic mass is 9.95. The number of carbonyl (C=O) groups is 2. The summed E-state index contributed by atoms with van der Waals surface area (Å²) in [5.74, 6) is -1.00. The summed E-state index contributed by atoms with van der Waals surface area (Å²) in [7, 11) is 1.62. The van der Waals surface area contributed by atoms with Gasteiger partial charge in [0.15, 0.2) is 0 Å². The molecule has 1 aliphatic carbocycles. The second-order valence-electron chi connectivity index (χ2n) is 5.18. The number of aromatic nitrogens is 1. The number of carbonyl (C=O) groups excluding carboxylic acids is 1. The summed E-state index contributed by atoms with van der Waals surface area (Å²) in [5, 5.41) is 9.64. The van der Waals surface area contributed by atoms with Crippen LogP contribution < -0.4 is 10.6 Å². The van der Waals surface area contributed by atoms with Crippen LogP contribution in [0.15, 0.2) is 0 Å². The zero-order chi connectivity index (χ0) is 14.9. The van der Waals surface area contributed by atoms with Crippen LogP contribution in [0.25, 0.3) is 0 Å². The van der Waals surface area contributed by atoms with E-state index in [4.69, 9.17) is 5.73 Å². The molecule has 7 heteroatoms. The number of nitrogens with zero attached hydrogens (tertiary/aromatic N) is 2. The molecule has 2 atom stereocenters. The van der Waals surface area contributed by atoms with Gasteiger partial charge >= 0.3 is 5.97 Å². The summed E-state index contributed by atoms with van der Waals surface area (Å²) in [4.78, 5) is 25.3. The highest BCUT2D eigenvalue weighted by Crippen LogP contribution is 2.35. The Hall–Kier alpha value is -1.47. The Bertz CT molecular complexity index is 529. The van der Waals surface area contributed by atoms with Gasteiger partial charge in [0.25, 0.3) is 0 Å². The topological polar surface area (TPSA) is 96.5 Å². The molecule has 0 aromatic carbocycles. The third kappa shape index (κ3) is 2.55. The molecule has 1 aliphatic rings. The maximum absolute atomic E-state index is 12.6. The smallest absolute Gasteiger partial charge is 0.340 e. The summed E-state index contributed by atoms with van der Waals surface area (Å²) in [5.41, 5.74) is 6.27. The highest BCUT2D eigenvalue weighted by atomic mass is 32.1. The third-order valence-corrected chi connectivity index (χ3v) is 4.99. The number of rotatable bonds is 4. The predicted octanol–water partition coefficient (Wildman–Crippen LogP) is 1.49. The van der Waals surface area contributed by atoms with Crippen molar-refractivity contribution in [1.29, 1.82) is 0 Å². The molecule has 0 spiro atoms. The molecular formula is C13H19N3O3S. The van der Waals surface area contributed by atoms with Crippen LogP contribution in [0.2, 0.25) is 0 Å². The van der Waals surface area contributed by atoms with Crippen molar-refractivity contribution in [3.05, 3.63) is 11.3 Å². The van der Waals surface area contributed by atoms with Crippen molar-refractivity contribution in [3.63, 3.8) is 0 Å². The Balaban J connectivity index is 2.25. The van der Waals surface area contributed by atoms with Gasteiger partial charge in [0, 0.05) is 13.0 Å². The van der Waals surface area contributed by atoms with Crippen molar-refractivity contribution < 1.29 is 14.7 Å². The number of carboxylic acids is 1. The van der Waals surface area contributed by atoms with E-state index in [2.05, 4.69) is 4.37 Å². The summed E-state index contributed by atoms with van der Waals surface area (Å²) in [6.45, 7) is 2.14. The Morgan fingerprint density at radius 1 is 1.50 bits per heavy atom. The van der Waals surface area contributed by atoms with E-state index in [1.807, 2.05) is 0 Å². The Kier molecular flexibility index (Phi) is 4.39. The summed E-state index contributed by atoms with van der Waals surface area (Å²) in [6.07, 6.45) is 2.79. The number of carboxylic acid groups (broad SMARTS) is 1. The molecule has 1 aromatic heterocycles. The van der Waals surface area contributed by atoms with Gasteiger partial charge in [-0.25, -0.2) is 4.79 Å². The minimum atomic E-state index is -1.05.